The molecule has 0 bridgehead atoms. The molecule has 0 amide bonds. The number of hydrogen-bond acceptors (Lipinski definition) is 3. The van der Waals surface area contributed by atoms with Crippen molar-refractivity contribution in [2.75, 3.05) is 0 Å². The number of aromatic nitrogens is 2. The molecule has 0 fully saturated rings. The van der Waals surface area contributed by atoms with Gasteiger partial charge in [0.2, 0.25) is 0 Å². The number of hydrogen-bond donors (Lipinski definition) is 1. The first kappa shape index (κ1) is 12.6. The van der Waals surface area contributed by atoms with Gasteiger partial charge < -0.3 is 9.67 Å². The van der Waals surface area contributed by atoms with Crippen LogP contribution in [0.4, 0.5) is 4.39 Å². The maximum atomic E-state index is 13.2. The third-order valence-electron chi connectivity index (χ3n) is 2.40. The molecule has 0 unspecified atom stereocenters. The van der Waals surface area contributed by atoms with Gasteiger partial charge in [0.1, 0.15) is 5.82 Å². The molecule has 0 aliphatic carbocycles. The summed E-state index contributed by atoms with van der Waals surface area (Å²) in [6.45, 7) is 2.76. The minimum Gasteiger partial charge on any atom is -0.478 e. The summed E-state index contributed by atoms with van der Waals surface area (Å²) in [5, 5.41) is 9.60. The Bertz CT molecular complexity index is 583. The average molecular weight is 266 g/mol. The van der Waals surface area contributed by atoms with Gasteiger partial charge in [-0.2, -0.15) is 0 Å². The third-order valence-corrected chi connectivity index (χ3v) is 3.41. The monoisotopic (exact) mass is 266 g/mol. The number of imidazole rings is 1. The van der Waals surface area contributed by atoms with E-state index in [9.17, 15) is 9.18 Å². The summed E-state index contributed by atoms with van der Waals surface area (Å²) in [5.74, 6) is -2.00. The van der Waals surface area contributed by atoms with E-state index in [0.29, 0.717) is 4.90 Å². The second-order valence-electron chi connectivity index (χ2n) is 3.54. The molecule has 4 nitrogen and oxygen atoms in total. The normalized spacial score (nSPS) is 10.6. The summed E-state index contributed by atoms with van der Waals surface area (Å²) in [5.41, 5.74) is -0.324. The second-order valence-corrected chi connectivity index (χ2v) is 4.59. The van der Waals surface area contributed by atoms with Crippen molar-refractivity contribution in [3.05, 3.63) is 42.0 Å². The van der Waals surface area contributed by atoms with E-state index >= 15 is 0 Å². The van der Waals surface area contributed by atoms with Crippen LogP contribution in [0.5, 0.6) is 0 Å². The van der Waals surface area contributed by atoms with Gasteiger partial charge in [-0.15, -0.1) is 0 Å². The maximum Gasteiger partial charge on any atom is 0.338 e. The summed E-state index contributed by atoms with van der Waals surface area (Å²) in [4.78, 5) is 15.6. The molecular formula is C12H11FN2O2S. The van der Waals surface area contributed by atoms with Crippen LogP contribution in [0.15, 0.2) is 40.6 Å². The van der Waals surface area contributed by atoms with E-state index in [1.54, 1.807) is 12.3 Å². The van der Waals surface area contributed by atoms with E-state index in [0.717, 1.165) is 17.8 Å². The number of carboxylic acid groups (broad SMARTS) is 1. The van der Waals surface area contributed by atoms with Crippen molar-refractivity contribution in [3.8, 4) is 0 Å². The highest BCUT2D eigenvalue weighted by Crippen LogP contribution is 2.27. The fraction of sp³-hybridized carbons (Fsp3) is 0.167. The second kappa shape index (κ2) is 5.22. The molecule has 0 spiro atoms. The Labute approximate surface area is 107 Å². The zero-order chi connectivity index (χ0) is 13.1. The lowest BCUT2D eigenvalue weighted by Crippen LogP contribution is -2.00. The molecule has 0 radical (unpaired) electrons. The summed E-state index contributed by atoms with van der Waals surface area (Å²) >= 11 is 1.31. The molecule has 1 N–H and O–H groups in total. The number of carbonyl (C=O) groups is 1. The van der Waals surface area contributed by atoms with Gasteiger partial charge >= 0.3 is 5.97 Å². The number of rotatable bonds is 4. The van der Waals surface area contributed by atoms with E-state index in [2.05, 4.69) is 4.98 Å². The molecule has 1 heterocycles. The molecule has 0 aliphatic rings. The molecule has 0 atom stereocenters. The lowest BCUT2D eigenvalue weighted by molar-refractivity contribution is 0.0691. The Hall–Kier alpha value is -1.82. The number of aromatic carboxylic acids is 1. The van der Waals surface area contributed by atoms with E-state index in [1.165, 1.54) is 17.8 Å². The molecule has 2 aromatic rings. The summed E-state index contributed by atoms with van der Waals surface area (Å²) in [6, 6.07) is 4.02. The third kappa shape index (κ3) is 2.53. The highest BCUT2D eigenvalue weighted by Gasteiger charge is 2.12. The van der Waals surface area contributed by atoms with Crippen molar-refractivity contribution < 1.29 is 14.3 Å². The van der Waals surface area contributed by atoms with Crippen LogP contribution in [-0.2, 0) is 6.54 Å². The number of benzene rings is 1. The van der Waals surface area contributed by atoms with Crippen molar-refractivity contribution >= 4 is 17.7 Å². The molecular weight excluding hydrogens is 255 g/mol. The van der Waals surface area contributed by atoms with Crippen molar-refractivity contribution in [2.45, 2.75) is 23.5 Å². The van der Waals surface area contributed by atoms with Gasteiger partial charge in [0.15, 0.2) is 5.16 Å². The molecule has 0 aliphatic heterocycles. The van der Waals surface area contributed by atoms with Crippen molar-refractivity contribution in [1.82, 2.24) is 9.55 Å². The Balaban J connectivity index is 2.30. The highest BCUT2D eigenvalue weighted by molar-refractivity contribution is 7.99. The van der Waals surface area contributed by atoms with Crippen LogP contribution in [0.3, 0.4) is 0 Å². The highest BCUT2D eigenvalue weighted by atomic mass is 32.2. The fourth-order valence-electron chi connectivity index (χ4n) is 1.48. The number of halogens is 1. The Kier molecular flexibility index (Phi) is 3.66. The largest absolute Gasteiger partial charge is 0.478 e. The maximum absolute atomic E-state index is 13.2. The van der Waals surface area contributed by atoms with Crippen LogP contribution < -0.4 is 0 Å². The first-order valence-corrected chi connectivity index (χ1v) is 6.15. The first-order chi connectivity index (χ1) is 8.61. The van der Waals surface area contributed by atoms with E-state index in [-0.39, 0.29) is 5.56 Å². The summed E-state index contributed by atoms with van der Waals surface area (Å²) in [6.07, 6.45) is 3.51. The Morgan fingerprint density at radius 1 is 1.56 bits per heavy atom. The van der Waals surface area contributed by atoms with Gasteiger partial charge in [-0.25, -0.2) is 14.2 Å². The van der Waals surface area contributed by atoms with Gasteiger partial charge in [0, 0.05) is 23.8 Å². The molecule has 1 aromatic heterocycles. The van der Waals surface area contributed by atoms with Crippen LogP contribution in [0.2, 0.25) is 0 Å². The van der Waals surface area contributed by atoms with Gasteiger partial charge in [0.25, 0.3) is 0 Å². The van der Waals surface area contributed by atoms with E-state index in [1.807, 2.05) is 17.7 Å². The lowest BCUT2D eigenvalue weighted by atomic mass is 10.2. The van der Waals surface area contributed by atoms with Gasteiger partial charge in [-0.1, -0.05) is 11.8 Å². The zero-order valence-corrected chi connectivity index (χ0v) is 10.4. The molecule has 94 valence electrons. The minimum absolute atomic E-state index is 0.324. The van der Waals surface area contributed by atoms with Crippen LogP contribution in [0, 0.1) is 5.82 Å². The van der Waals surface area contributed by atoms with Crippen molar-refractivity contribution in [1.29, 1.82) is 0 Å². The van der Waals surface area contributed by atoms with Crippen LogP contribution in [-0.4, -0.2) is 20.6 Å². The summed E-state index contributed by atoms with van der Waals surface area (Å²) < 4.78 is 15.2. The standard InChI is InChI=1S/C12H11FN2O2S/c1-2-15-6-5-14-12(15)18-8-3-4-10(13)9(7-8)11(16)17/h3-7H,2H2,1H3,(H,16,17). The van der Waals surface area contributed by atoms with Crippen LogP contribution in [0.1, 0.15) is 17.3 Å². The smallest absolute Gasteiger partial charge is 0.338 e. The molecule has 18 heavy (non-hydrogen) atoms. The quantitative estimate of drug-likeness (QED) is 0.924. The molecule has 2 rings (SSSR count). The molecule has 0 saturated carbocycles. The van der Waals surface area contributed by atoms with E-state index < -0.39 is 11.8 Å². The Morgan fingerprint density at radius 2 is 2.33 bits per heavy atom. The topological polar surface area (TPSA) is 55.1 Å². The minimum atomic E-state index is -1.27. The predicted octanol–water partition coefficient (Wildman–Crippen LogP) is 2.89. The molecule has 1 aromatic carbocycles. The van der Waals surface area contributed by atoms with Crippen molar-refractivity contribution in [3.63, 3.8) is 0 Å². The number of nitrogens with zero attached hydrogens (tertiary/aromatic N) is 2. The average Bonchev–Trinajstić information content (AvgIpc) is 2.78. The SMILES string of the molecule is CCn1ccnc1Sc1ccc(F)c(C(=O)O)c1. The predicted molar refractivity (Wildman–Crippen MR) is 65.4 cm³/mol. The summed E-state index contributed by atoms with van der Waals surface area (Å²) in [7, 11) is 0. The molecule has 6 heteroatoms. The number of carboxylic acids is 1. The van der Waals surface area contributed by atoms with Crippen LogP contribution in [0.25, 0.3) is 0 Å². The van der Waals surface area contributed by atoms with Gasteiger partial charge in [0.05, 0.1) is 5.56 Å². The first-order valence-electron chi connectivity index (χ1n) is 5.33. The van der Waals surface area contributed by atoms with Gasteiger partial charge in [-0.05, 0) is 25.1 Å². The number of aryl methyl sites for hydroxylation is 1. The lowest BCUT2D eigenvalue weighted by Gasteiger charge is -2.05. The fourth-order valence-corrected chi connectivity index (χ4v) is 2.42. The van der Waals surface area contributed by atoms with E-state index in [4.69, 9.17) is 5.11 Å². The van der Waals surface area contributed by atoms with Crippen LogP contribution >= 0.6 is 11.8 Å². The zero-order valence-electron chi connectivity index (χ0n) is 9.63. The van der Waals surface area contributed by atoms with Crippen molar-refractivity contribution in [2.24, 2.45) is 0 Å². The molecule has 0 saturated heterocycles. The van der Waals surface area contributed by atoms with Gasteiger partial charge in [-0.3, -0.25) is 0 Å². The Morgan fingerprint density at radius 3 is 3.00 bits per heavy atom.